The second kappa shape index (κ2) is 7.06. The maximum absolute atomic E-state index is 14.7. The molecule has 140 valence electrons. The number of benzene rings is 2. The average molecular weight is 380 g/mol. The first-order valence-electron chi connectivity index (χ1n) is 8.43. The summed E-state index contributed by atoms with van der Waals surface area (Å²) in [6.07, 6.45) is 0.723. The second-order valence-corrected chi connectivity index (χ2v) is 8.78. The molecule has 3 rings (SSSR count). The molecule has 1 fully saturated rings. The van der Waals surface area contributed by atoms with Crippen LogP contribution in [-0.4, -0.2) is 50.8 Å². The van der Waals surface area contributed by atoms with Gasteiger partial charge in [-0.25, -0.2) is 17.2 Å². The second-order valence-electron chi connectivity index (χ2n) is 6.87. The van der Waals surface area contributed by atoms with Crippen molar-refractivity contribution < 1.29 is 17.2 Å². The van der Waals surface area contributed by atoms with Gasteiger partial charge in [-0.05, 0) is 68.4 Å². The van der Waals surface area contributed by atoms with E-state index in [0.717, 1.165) is 6.42 Å². The van der Waals surface area contributed by atoms with E-state index >= 15 is 0 Å². The number of hydrogen-bond acceptors (Lipinski definition) is 3. The van der Waals surface area contributed by atoms with Gasteiger partial charge in [0.15, 0.2) is 0 Å². The van der Waals surface area contributed by atoms with Gasteiger partial charge in [-0.2, -0.15) is 4.31 Å². The van der Waals surface area contributed by atoms with Crippen LogP contribution in [0.25, 0.3) is 11.1 Å². The minimum atomic E-state index is -3.88. The van der Waals surface area contributed by atoms with Gasteiger partial charge in [-0.3, -0.25) is 0 Å². The molecule has 0 amide bonds. The Morgan fingerprint density at radius 3 is 2.42 bits per heavy atom. The molecule has 0 N–H and O–H groups in total. The van der Waals surface area contributed by atoms with Gasteiger partial charge in [0.25, 0.3) is 0 Å². The fourth-order valence-electron chi connectivity index (χ4n) is 3.32. The van der Waals surface area contributed by atoms with Crippen LogP contribution in [0, 0.1) is 18.6 Å². The van der Waals surface area contributed by atoms with E-state index in [1.807, 2.05) is 19.0 Å². The summed E-state index contributed by atoms with van der Waals surface area (Å²) in [6.45, 7) is 2.46. The lowest BCUT2D eigenvalue weighted by Gasteiger charge is -2.20. The van der Waals surface area contributed by atoms with Crippen LogP contribution in [0.15, 0.2) is 41.3 Å². The van der Waals surface area contributed by atoms with Crippen molar-refractivity contribution in [1.82, 2.24) is 9.21 Å². The molecule has 7 heteroatoms. The molecule has 0 unspecified atom stereocenters. The third kappa shape index (κ3) is 3.51. The molecule has 1 saturated heterocycles. The number of rotatable bonds is 4. The van der Waals surface area contributed by atoms with Crippen molar-refractivity contribution in [1.29, 1.82) is 0 Å². The fraction of sp³-hybridized carbons (Fsp3) is 0.368. The van der Waals surface area contributed by atoms with Crippen LogP contribution < -0.4 is 0 Å². The summed E-state index contributed by atoms with van der Waals surface area (Å²) in [6, 6.07) is 8.43. The summed E-state index contributed by atoms with van der Waals surface area (Å²) >= 11 is 0. The first-order chi connectivity index (χ1) is 12.2. The van der Waals surface area contributed by atoms with Crippen LogP contribution >= 0.6 is 0 Å². The number of hydrogen-bond donors (Lipinski definition) is 0. The highest BCUT2D eigenvalue weighted by Crippen LogP contribution is 2.30. The Hall–Kier alpha value is -1.83. The Bertz CT molecular complexity index is 929. The zero-order valence-corrected chi connectivity index (χ0v) is 15.9. The third-order valence-electron chi connectivity index (χ3n) is 4.91. The summed E-state index contributed by atoms with van der Waals surface area (Å²) in [5.74, 6) is -1.16. The largest absolute Gasteiger partial charge is 0.305 e. The molecule has 2 aromatic rings. The van der Waals surface area contributed by atoms with Crippen molar-refractivity contribution >= 4 is 10.0 Å². The molecular formula is C19H22F2N2O2S. The van der Waals surface area contributed by atoms with E-state index in [1.165, 1.54) is 28.6 Å². The lowest BCUT2D eigenvalue weighted by Crippen LogP contribution is -2.34. The molecule has 0 aromatic heterocycles. The molecule has 0 aliphatic carbocycles. The molecule has 26 heavy (non-hydrogen) atoms. The van der Waals surface area contributed by atoms with Crippen molar-refractivity contribution in [3.8, 4) is 11.1 Å². The van der Waals surface area contributed by atoms with Gasteiger partial charge in [-0.1, -0.05) is 12.1 Å². The van der Waals surface area contributed by atoms with Crippen LogP contribution in [0.2, 0.25) is 0 Å². The Morgan fingerprint density at radius 2 is 1.85 bits per heavy atom. The molecule has 1 heterocycles. The normalized spacial score (nSPS) is 18.6. The fourth-order valence-corrected chi connectivity index (χ4v) is 4.86. The molecule has 0 spiro atoms. The third-order valence-corrected chi connectivity index (χ3v) is 6.80. The summed E-state index contributed by atoms with van der Waals surface area (Å²) in [4.78, 5) is 1.66. The monoisotopic (exact) mass is 380 g/mol. The van der Waals surface area contributed by atoms with Crippen LogP contribution in [0.5, 0.6) is 0 Å². The van der Waals surface area contributed by atoms with Crippen molar-refractivity contribution in [2.75, 3.05) is 27.2 Å². The van der Waals surface area contributed by atoms with Crippen molar-refractivity contribution in [3.05, 3.63) is 53.6 Å². The van der Waals surface area contributed by atoms with E-state index in [4.69, 9.17) is 0 Å². The number of nitrogens with zero attached hydrogens (tertiary/aromatic N) is 2. The predicted octanol–water partition coefficient (Wildman–Crippen LogP) is 3.26. The van der Waals surface area contributed by atoms with E-state index < -0.39 is 15.8 Å². The van der Waals surface area contributed by atoms with Crippen LogP contribution in [0.4, 0.5) is 8.78 Å². The van der Waals surface area contributed by atoms with E-state index in [0.29, 0.717) is 29.8 Å². The van der Waals surface area contributed by atoms with Crippen molar-refractivity contribution in [3.63, 3.8) is 0 Å². The summed E-state index contributed by atoms with van der Waals surface area (Å²) in [5, 5.41) is 0. The molecule has 2 aromatic carbocycles. The minimum Gasteiger partial charge on any atom is -0.305 e. The smallest absolute Gasteiger partial charge is 0.246 e. The van der Waals surface area contributed by atoms with Gasteiger partial charge in [0, 0.05) is 19.1 Å². The van der Waals surface area contributed by atoms with Gasteiger partial charge in [0.1, 0.15) is 16.5 Å². The minimum absolute atomic E-state index is 0.133. The number of sulfonamides is 1. The molecule has 1 aliphatic rings. The van der Waals surface area contributed by atoms with Crippen molar-refractivity contribution in [2.45, 2.75) is 24.3 Å². The van der Waals surface area contributed by atoms with E-state index in [-0.39, 0.29) is 16.8 Å². The predicted molar refractivity (Wildman–Crippen MR) is 97.4 cm³/mol. The zero-order chi connectivity index (χ0) is 19.1. The Morgan fingerprint density at radius 1 is 1.12 bits per heavy atom. The van der Waals surface area contributed by atoms with Gasteiger partial charge in [0.2, 0.25) is 10.0 Å². The zero-order valence-electron chi connectivity index (χ0n) is 15.0. The highest BCUT2D eigenvalue weighted by Gasteiger charge is 2.34. The maximum Gasteiger partial charge on any atom is 0.246 e. The van der Waals surface area contributed by atoms with Crippen LogP contribution in [-0.2, 0) is 10.0 Å². The van der Waals surface area contributed by atoms with Gasteiger partial charge >= 0.3 is 0 Å². The van der Waals surface area contributed by atoms with Gasteiger partial charge in [0.05, 0.1) is 0 Å². The number of likely N-dealkylation sites (N-methyl/N-ethyl adjacent to an activating group) is 1. The van der Waals surface area contributed by atoms with Crippen molar-refractivity contribution in [2.24, 2.45) is 0 Å². The van der Waals surface area contributed by atoms with Crippen LogP contribution in [0.3, 0.4) is 0 Å². The highest BCUT2D eigenvalue weighted by molar-refractivity contribution is 7.89. The molecule has 0 saturated carbocycles. The first kappa shape index (κ1) is 18.9. The summed E-state index contributed by atoms with van der Waals surface area (Å²) < 4.78 is 54.9. The average Bonchev–Trinajstić information content (AvgIpc) is 3.05. The highest BCUT2D eigenvalue weighted by atomic mass is 32.2. The standard InChI is InChI=1S/C19H22F2N2O2S/c1-13-10-15(20)5-6-17(13)14-4-7-19(18(21)11-14)26(24,25)23-9-8-16(12-23)22(2)3/h4-7,10-11,16H,8-9,12H2,1-3H3/t16-/m1/s1. The topological polar surface area (TPSA) is 40.6 Å². The van der Waals surface area contributed by atoms with E-state index in [2.05, 4.69) is 0 Å². The van der Waals surface area contributed by atoms with Crippen LogP contribution in [0.1, 0.15) is 12.0 Å². The molecule has 0 bridgehead atoms. The summed E-state index contributed by atoms with van der Waals surface area (Å²) in [5.41, 5.74) is 1.85. The maximum atomic E-state index is 14.7. The van der Waals surface area contributed by atoms with Gasteiger partial charge < -0.3 is 4.90 Å². The Labute approximate surface area is 153 Å². The van der Waals surface area contributed by atoms with Gasteiger partial charge in [-0.15, -0.1) is 0 Å². The number of aryl methyl sites for hydroxylation is 1. The molecule has 0 radical (unpaired) electrons. The lowest BCUT2D eigenvalue weighted by molar-refractivity contribution is 0.302. The SMILES string of the molecule is Cc1cc(F)ccc1-c1ccc(S(=O)(=O)N2CC[C@@H](N(C)C)C2)c(F)c1. The van der Waals surface area contributed by atoms with E-state index in [1.54, 1.807) is 19.1 Å². The molecule has 4 nitrogen and oxygen atoms in total. The Balaban J connectivity index is 1.92. The molecular weight excluding hydrogens is 358 g/mol. The molecule has 1 atom stereocenters. The lowest BCUT2D eigenvalue weighted by atomic mass is 10.0. The molecule has 1 aliphatic heterocycles. The Kier molecular flexibility index (Phi) is 5.14. The quantitative estimate of drug-likeness (QED) is 0.818. The van der Waals surface area contributed by atoms with E-state index in [9.17, 15) is 17.2 Å². The first-order valence-corrected chi connectivity index (χ1v) is 9.87. The summed E-state index contributed by atoms with van der Waals surface area (Å²) in [7, 11) is -0.0720. The number of halogens is 2.